The quantitative estimate of drug-likeness (QED) is 0.364. The van der Waals surface area contributed by atoms with Crippen LogP contribution in [0.25, 0.3) is 32.6 Å². The molecule has 0 saturated heterocycles. The molecule has 1 nitrogen and oxygen atoms in total. The minimum atomic E-state index is 0.248. The second-order valence-corrected chi connectivity index (χ2v) is 9.05. The minimum Gasteiger partial charge on any atom is -0.354 e. The van der Waals surface area contributed by atoms with E-state index in [0.717, 1.165) is 0 Å². The average molecular weight is 327 g/mol. The van der Waals surface area contributed by atoms with E-state index in [2.05, 4.69) is 81.2 Å². The van der Waals surface area contributed by atoms with Gasteiger partial charge in [0.2, 0.25) is 0 Å². The summed E-state index contributed by atoms with van der Waals surface area (Å²) in [4.78, 5) is 3.74. The molecule has 1 aromatic heterocycles. The predicted octanol–water partition coefficient (Wildman–Crippen LogP) is 6.82. The molecule has 3 aromatic carbocycles. The molecule has 1 N–H and O–H groups in total. The van der Waals surface area contributed by atoms with E-state index >= 15 is 0 Å². The van der Waals surface area contributed by atoms with E-state index < -0.39 is 0 Å². The number of aromatic nitrogens is 1. The third-order valence-electron chi connectivity index (χ3n) is 6.47. The summed E-state index contributed by atoms with van der Waals surface area (Å²) in [5.41, 5.74) is 6.09. The number of hydrogen-bond acceptors (Lipinski definition) is 0. The van der Waals surface area contributed by atoms with Crippen molar-refractivity contribution in [1.29, 1.82) is 0 Å². The Morgan fingerprint density at radius 1 is 0.720 bits per heavy atom. The summed E-state index contributed by atoms with van der Waals surface area (Å²) < 4.78 is 0. The van der Waals surface area contributed by atoms with Gasteiger partial charge < -0.3 is 4.98 Å². The molecule has 0 bridgehead atoms. The molecule has 1 aliphatic carbocycles. The summed E-state index contributed by atoms with van der Waals surface area (Å²) in [7, 11) is 0. The van der Waals surface area contributed by atoms with Crippen LogP contribution < -0.4 is 0 Å². The van der Waals surface area contributed by atoms with Crippen LogP contribution >= 0.6 is 0 Å². The molecule has 1 heterocycles. The molecule has 0 saturated carbocycles. The zero-order valence-corrected chi connectivity index (χ0v) is 15.5. The lowest BCUT2D eigenvalue weighted by atomic mass is 9.63. The average Bonchev–Trinajstić information content (AvgIpc) is 2.96. The molecular formula is C24H25N. The SMILES string of the molecule is CC1(C)CCC(C)(C)c2cc3c(cc21)[nH]c1c2ccccc2ccc31. The normalized spacial score (nSPS) is 18.7. The van der Waals surface area contributed by atoms with Crippen LogP contribution in [0.3, 0.4) is 0 Å². The summed E-state index contributed by atoms with van der Waals surface area (Å²) >= 11 is 0. The van der Waals surface area contributed by atoms with Gasteiger partial charge in [-0.05, 0) is 52.3 Å². The van der Waals surface area contributed by atoms with Crippen LogP contribution in [0.4, 0.5) is 0 Å². The van der Waals surface area contributed by atoms with Crippen LogP contribution in [-0.4, -0.2) is 4.98 Å². The molecule has 0 spiro atoms. The first-order chi connectivity index (χ1) is 11.9. The molecule has 0 atom stereocenters. The number of hydrogen-bond donors (Lipinski definition) is 1. The van der Waals surface area contributed by atoms with Crippen molar-refractivity contribution >= 4 is 32.6 Å². The van der Waals surface area contributed by atoms with Gasteiger partial charge >= 0.3 is 0 Å². The van der Waals surface area contributed by atoms with Gasteiger partial charge in [-0.15, -0.1) is 0 Å². The smallest absolute Gasteiger partial charge is 0.0544 e. The molecule has 25 heavy (non-hydrogen) atoms. The third kappa shape index (κ3) is 2.02. The maximum atomic E-state index is 3.74. The highest BCUT2D eigenvalue weighted by molar-refractivity contribution is 6.17. The molecule has 1 aliphatic rings. The van der Waals surface area contributed by atoms with Crippen molar-refractivity contribution in [2.24, 2.45) is 0 Å². The zero-order valence-electron chi connectivity index (χ0n) is 15.5. The van der Waals surface area contributed by atoms with Crippen molar-refractivity contribution in [3.63, 3.8) is 0 Å². The zero-order chi connectivity index (χ0) is 17.4. The van der Waals surface area contributed by atoms with E-state index in [1.165, 1.54) is 56.5 Å². The Kier molecular flexibility index (Phi) is 2.80. The van der Waals surface area contributed by atoms with Gasteiger partial charge in [-0.1, -0.05) is 64.1 Å². The van der Waals surface area contributed by atoms with Gasteiger partial charge in [0.05, 0.1) is 5.52 Å². The summed E-state index contributed by atoms with van der Waals surface area (Å²) in [5, 5.41) is 5.32. The molecule has 4 aromatic rings. The van der Waals surface area contributed by atoms with Crippen molar-refractivity contribution in [2.75, 3.05) is 0 Å². The number of benzene rings is 3. The lowest BCUT2D eigenvalue weighted by molar-refractivity contribution is 0.332. The Morgan fingerprint density at radius 2 is 1.40 bits per heavy atom. The lowest BCUT2D eigenvalue weighted by Crippen LogP contribution is -2.33. The van der Waals surface area contributed by atoms with Crippen LogP contribution in [-0.2, 0) is 10.8 Å². The Hall–Kier alpha value is -2.28. The van der Waals surface area contributed by atoms with Crippen molar-refractivity contribution < 1.29 is 0 Å². The van der Waals surface area contributed by atoms with Gasteiger partial charge in [0.15, 0.2) is 0 Å². The Bertz CT molecular complexity index is 1140. The summed E-state index contributed by atoms with van der Waals surface area (Å²) in [6.07, 6.45) is 2.51. The number of fused-ring (bicyclic) bond motifs is 6. The highest BCUT2D eigenvalue weighted by Gasteiger charge is 2.37. The first-order valence-corrected chi connectivity index (χ1v) is 9.35. The van der Waals surface area contributed by atoms with Crippen molar-refractivity contribution in [3.8, 4) is 0 Å². The molecule has 0 fully saturated rings. The van der Waals surface area contributed by atoms with Crippen LogP contribution in [0, 0.1) is 0 Å². The largest absolute Gasteiger partial charge is 0.354 e. The summed E-state index contributed by atoms with van der Waals surface area (Å²) in [6, 6.07) is 18.1. The fraction of sp³-hybridized carbons (Fsp3) is 0.333. The van der Waals surface area contributed by atoms with Crippen molar-refractivity contribution in [3.05, 3.63) is 59.7 Å². The molecule has 5 rings (SSSR count). The number of rotatable bonds is 0. The maximum Gasteiger partial charge on any atom is 0.0544 e. The van der Waals surface area contributed by atoms with E-state index in [4.69, 9.17) is 0 Å². The third-order valence-corrected chi connectivity index (χ3v) is 6.47. The predicted molar refractivity (Wildman–Crippen MR) is 109 cm³/mol. The Balaban J connectivity index is 1.93. The van der Waals surface area contributed by atoms with E-state index in [0.29, 0.717) is 0 Å². The van der Waals surface area contributed by atoms with Gasteiger partial charge in [0.25, 0.3) is 0 Å². The van der Waals surface area contributed by atoms with Gasteiger partial charge in [0, 0.05) is 21.7 Å². The summed E-state index contributed by atoms with van der Waals surface area (Å²) in [6.45, 7) is 9.59. The number of aromatic amines is 1. The van der Waals surface area contributed by atoms with Gasteiger partial charge in [-0.2, -0.15) is 0 Å². The molecule has 0 aliphatic heterocycles. The van der Waals surface area contributed by atoms with Crippen LogP contribution in [0.1, 0.15) is 51.7 Å². The summed E-state index contributed by atoms with van der Waals surface area (Å²) in [5.74, 6) is 0. The van der Waals surface area contributed by atoms with Gasteiger partial charge in [0.1, 0.15) is 0 Å². The Morgan fingerprint density at radius 3 is 2.16 bits per heavy atom. The second kappa shape index (κ2) is 4.66. The minimum absolute atomic E-state index is 0.248. The van der Waals surface area contributed by atoms with E-state index in [-0.39, 0.29) is 10.8 Å². The molecular weight excluding hydrogens is 302 g/mol. The lowest BCUT2D eigenvalue weighted by Gasteiger charge is -2.41. The molecule has 0 unspecified atom stereocenters. The maximum absolute atomic E-state index is 3.74. The Labute approximate surface area is 149 Å². The van der Waals surface area contributed by atoms with E-state index in [9.17, 15) is 0 Å². The molecule has 126 valence electrons. The highest BCUT2D eigenvalue weighted by Crippen LogP contribution is 2.47. The fourth-order valence-electron chi connectivity index (χ4n) is 4.71. The topological polar surface area (TPSA) is 15.8 Å². The van der Waals surface area contributed by atoms with Gasteiger partial charge in [-0.25, -0.2) is 0 Å². The second-order valence-electron chi connectivity index (χ2n) is 9.05. The number of H-pyrrole nitrogens is 1. The molecule has 0 radical (unpaired) electrons. The van der Waals surface area contributed by atoms with E-state index in [1.54, 1.807) is 0 Å². The van der Waals surface area contributed by atoms with Crippen molar-refractivity contribution in [2.45, 2.75) is 51.4 Å². The van der Waals surface area contributed by atoms with Gasteiger partial charge in [-0.3, -0.25) is 0 Å². The molecule has 0 amide bonds. The van der Waals surface area contributed by atoms with E-state index in [1.807, 2.05) is 0 Å². The highest BCUT2D eigenvalue weighted by atomic mass is 14.7. The first kappa shape index (κ1) is 15.0. The fourth-order valence-corrected chi connectivity index (χ4v) is 4.71. The van der Waals surface area contributed by atoms with Crippen LogP contribution in [0.2, 0.25) is 0 Å². The van der Waals surface area contributed by atoms with Crippen LogP contribution in [0.15, 0.2) is 48.5 Å². The first-order valence-electron chi connectivity index (χ1n) is 9.35. The van der Waals surface area contributed by atoms with Crippen LogP contribution in [0.5, 0.6) is 0 Å². The standard InChI is InChI=1S/C24H25N/c1-23(2)11-12-24(3,4)20-14-21-18(13-19(20)23)17-10-9-15-7-5-6-8-16(15)22(17)25-21/h5-10,13-14,25H,11-12H2,1-4H3. The number of nitrogens with one attached hydrogen (secondary N) is 1. The van der Waals surface area contributed by atoms with Crippen molar-refractivity contribution in [1.82, 2.24) is 4.98 Å². The molecule has 1 heteroatoms. The monoisotopic (exact) mass is 327 g/mol.